The number of carbonyl (C=O) groups is 2. The van der Waals surface area contributed by atoms with Crippen LogP contribution >= 0.6 is 0 Å². The Bertz CT molecular complexity index is 415. The molecule has 1 amide bonds. The lowest BCUT2D eigenvalue weighted by Crippen LogP contribution is -2.37. The number of nitrogens with one attached hydrogen (secondary N) is 1. The van der Waals surface area contributed by atoms with Crippen molar-refractivity contribution in [1.29, 1.82) is 0 Å². The highest BCUT2D eigenvalue weighted by Crippen LogP contribution is 2.13. The maximum Gasteiger partial charge on any atom is 0.292 e. The minimum atomic E-state index is -0.576. The zero-order valence-corrected chi connectivity index (χ0v) is 10.3. The van der Waals surface area contributed by atoms with Crippen molar-refractivity contribution in [1.82, 2.24) is 5.32 Å². The first-order chi connectivity index (χ1) is 8.08. The highest BCUT2D eigenvalue weighted by Gasteiger charge is 2.17. The normalized spacial score (nSPS) is 11.7. The third-order valence-corrected chi connectivity index (χ3v) is 2.53. The Morgan fingerprint density at radius 1 is 1.41 bits per heavy atom. The van der Waals surface area contributed by atoms with Crippen molar-refractivity contribution in [3.8, 4) is 5.75 Å². The second-order valence-electron chi connectivity index (χ2n) is 3.84. The molecule has 1 rings (SSSR count). The standard InChI is InChI=1S/C13H17NO3/c1-4-9(2)14-13(16)12(15)10-6-5-7-11(8-10)17-3/h5-9H,4H2,1-3H3,(H,14,16). The summed E-state index contributed by atoms with van der Waals surface area (Å²) < 4.78 is 5.00. The summed E-state index contributed by atoms with van der Waals surface area (Å²) in [6, 6.07) is 6.56. The third-order valence-electron chi connectivity index (χ3n) is 2.53. The molecule has 4 heteroatoms. The Kier molecular flexibility index (Phi) is 4.69. The molecule has 0 spiro atoms. The minimum Gasteiger partial charge on any atom is -0.497 e. The largest absolute Gasteiger partial charge is 0.497 e. The first-order valence-corrected chi connectivity index (χ1v) is 5.57. The molecule has 1 aromatic carbocycles. The summed E-state index contributed by atoms with van der Waals surface area (Å²) in [7, 11) is 1.52. The van der Waals surface area contributed by atoms with Crippen LogP contribution in [-0.4, -0.2) is 24.8 Å². The first-order valence-electron chi connectivity index (χ1n) is 5.57. The number of benzene rings is 1. The molecule has 1 unspecified atom stereocenters. The SMILES string of the molecule is CCC(C)NC(=O)C(=O)c1cccc(OC)c1. The summed E-state index contributed by atoms with van der Waals surface area (Å²) in [4.78, 5) is 23.4. The van der Waals surface area contributed by atoms with Crippen molar-refractivity contribution in [2.45, 2.75) is 26.3 Å². The van der Waals surface area contributed by atoms with Crippen LogP contribution in [0.4, 0.5) is 0 Å². The van der Waals surface area contributed by atoms with Crippen molar-refractivity contribution >= 4 is 11.7 Å². The van der Waals surface area contributed by atoms with Crippen molar-refractivity contribution < 1.29 is 14.3 Å². The van der Waals surface area contributed by atoms with Crippen molar-refractivity contribution in [3.63, 3.8) is 0 Å². The zero-order valence-electron chi connectivity index (χ0n) is 10.3. The molecule has 0 aliphatic heterocycles. The van der Waals surface area contributed by atoms with E-state index >= 15 is 0 Å². The van der Waals surface area contributed by atoms with Crippen LogP contribution in [0, 0.1) is 0 Å². The number of rotatable bonds is 5. The first kappa shape index (κ1) is 13.2. The number of hydrogen-bond acceptors (Lipinski definition) is 3. The summed E-state index contributed by atoms with van der Waals surface area (Å²) in [6.07, 6.45) is 0.789. The number of methoxy groups -OCH3 is 1. The van der Waals surface area contributed by atoms with Crippen molar-refractivity contribution in [2.24, 2.45) is 0 Å². The van der Waals surface area contributed by atoms with E-state index in [1.807, 2.05) is 13.8 Å². The summed E-state index contributed by atoms with van der Waals surface area (Å²) in [5.74, 6) is -0.552. The lowest BCUT2D eigenvalue weighted by molar-refractivity contribution is -0.117. The molecule has 17 heavy (non-hydrogen) atoms. The maximum absolute atomic E-state index is 11.8. The number of carbonyl (C=O) groups excluding carboxylic acids is 2. The Labute approximate surface area is 101 Å². The molecule has 0 aliphatic carbocycles. The molecule has 0 bridgehead atoms. The summed E-state index contributed by atoms with van der Waals surface area (Å²) in [5, 5.41) is 2.64. The van der Waals surface area contributed by atoms with Gasteiger partial charge in [0.1, 0.15) is 5.75 Å². The van der Waals surface area contributed by atoms with E-state index in [4.69, 9.17) is 4.74 Å². The van der Waals surface area contributed by atoms with Crippen LogP contribution in [-0.2, 0) is 4.79 Å². The monoisotopic (exact) mass is 235 g/mol. The third kappa shape index (κ3) is 3.59. The Balaban J connectivity index is 2.78. The fraction of sp³-hybridized carbons (Fsp3) is 0.385. The Morgan fingerprint density at radius 3 is 2.71 bits per heavy atom. The summed E-state index contributed by atoms with van der Waals surface area (Å²) in [5.41, 5.74) is 0.338. The fourth-order valence-electron chi connectivity index (χ4n) is 1.29. The number of amides is 1. The molecule has 0 aliphatic rings. The van der Waals surface area contributed by atoms with E-state index in [1.165, 1.54) is 7.11 Å². The summed E-state index contributed by atoms with van der Waals surface area (Å²) in [6.45, 7) is 3.80. The van der Waals surface area contributed by atoms with Gasteiger partial charge in [0.05, 0.1) is 7.11 Å². The molecule has 1 aromatic rings. The molecule has 1 atom stereocenters. The van der Waals surface area contributed by atoms with E-state index in [0.717, 1.165) is 6.42 Å². The Morgan fingerprint density at radius 2 is 2.12 bits per heavy atom. The molecule has 0 saturated heterocycles. The molecule has 4 nitrogen and oxygen atoms in total. The number of ether oxygens (including phenoxy) is 1. The molecule has 0 aromatic heterocycles. The van der Waals surface area contributed by atoms with Crippen LogP contribution in [0.2, 0.25) is 0 Å². The topological polar surface area (TPSA) is 55.4 Å². The lowest BCUT2D eigenvalue weighted by atomic mass is 10.1. The zero-order chi connectivity index (χ0) is 12.8. The molecule has 0 fully saturated rings. The molecular formula is C13H17NO3. The summed E-state index contributed by atoms with van der Waals surface area (Å²) >= 11 is 0. The van der Waals surface area contributed by atoms with Gasteiger partial charge < -0.3 is 10.1 Å². The average molecular weight is 235 g/mol. The Hall–Kier alpha value is -1.84. The van der Waals surface area contributed by atoms with E-state index in [-0.39, 0.29) is 6.04 Å². The van der Waals surface area contributed by atoms with Crippen LogP contribution < -0.4 is 10.1 Å². The molecular weight excluding hydrogens is 218 g/mol. The van der Waals surface area contributed by atoms with Crippen LogP contribution in [0.3, 0.4) is 0 Å². The van der Waals surface area contributed by atoms with Gasteiger partial charge >= 0.3 is 0 Å². The highest BCUT2D eigenvalue weighted by atomic mass is 16.5. The van der Waals surface area contributed by atoms with Gasteiger partial charge in [0, 0.05) is 11.6 Å². The smallest absolute Gasteiger partial charge is 0.292 e. The van der Waals surface area contributed by atoms with Crippen molar-refractivity contribution in [3.05, 3.63) is 29.8 Å². The van der Waals surface area contributed by atoms with Gasteiger partial charge in [0.25, 0.3) is 5.91 Å². The molecule has 0 heterocycles. The van der Waals surface area contributed by atoms with Gasteiger partial charge in [0.2, 0.25) is 5.78 Å². The number of hydrogen-bond donors (Lipinski definition) is 1. The predicted octanol–water partition coefficient (Wildman–Crippen LogP) is 1.79. The van der Waals surface area contributed by atoms with Gasteiger partial charge in [0.15, 0.2) is 0 Å². The van der Waals surface area contributed by atoms with E-state index in [1.54, 1.807) is 24.3 Å². The van der Waals surface area contributed by atoms with Crippen molar-refractivity contribution in [2.75, 3.05) is 7.11 Å². The van der Waals surface area contributed by atoms with E-state index in [0.29, 0.717) is 11.3 Å². The quantitative estimate of drug-likeness (QED) is 0.625. The second-order valence-corrected chi connectivity index (χ2v) is 3.84. The van der Waals surface area contributed by atoms with Gasteiger partial charge in [-0.15, -0.1) is 0 Å². The number of ketones is 1. The van der Waals surface area contributed by atoms with Gasteiger partial charge in [-0.2, -0.15) is 0 Å². The predicted molar refractivity (Wildman–Crippen MR) is 65.2 cm³/mol. The molecule has 92 valence electrons. The minimum absolute atomic E-state index is 0.00272. The van der Waals surface area contributed by atoms with Gasteiger partial charge in [-0.05, 0) is 25.5 Å². The van der Waals surface area contributed by atoms with Crippen LogP contribution in [0.1, 0.15) is 30.6 Å². The molecule has 0 radical (unpaired) electrons. The van der Waals surface area contributed by atoms with E-state index < -0.39 is 11.7 Å². The fourth-order valence-corrected chi connectivity index (χ4v) is 1.29. The number of Topliss-reactive ketones (excluding diaryl/α,β-unsaturated/α-hetero) is 1. The average Bonchev–Trinajstić information content (AvgIpc) is 2.37. The molecule has 1 N–H and O–H groups in total. The second kappa shape index (κ2) is 6.03. The highest BCUT2D eigenvalue weighted by molar-refractivity contribution is 6.42. The van der Waals surface area contributed by atoms with Gasteiger partial charge in [-0.3, -0.25) is 9.59 Å². The molecule has 0 saturated carbocycles. The van der Waals surface area contributed by atoms with Gasteiger partial charge in [-0.1, -0.05) is 19.1 Å². The van der Waals surface area contributed by atoms with Gasteiger partial charge in [-0.25, -0.2) is 0 Å². The van der Waals surface area contributed by atoms with E-state index in [2.05, 4.69) is 5.32 Å². The van der Waals surface area contributed by atoms with Crippen LogP contribution in [0.15, 0.2) is 24.3 Å². The van der Waals surface area contributed by atoms with Crippen LogP contribution in [0.25, 0.3) is 0 Å². The lowest BCUT2D eigenvalue weighted by Gasteiger charge is -2.10. The maximum atomic E-state index is 11.8. The van der Waals surface area contributed by atoms with E-state index in [9.17, 15) is 9.59 Å². The van der Waals surface area contributed by atoms with Crippen LogP contribution in [0.5, 0.6) is 5.75 Å².